The molecular weight excluding hydrogens is 179 g/mol. The maximum absolute atomic E-state index is 12.9. The van der Waals surface area contributed by atoms with E-state index in [4.69, 9.17) is 0 Å². The van der Waals surface area contributed by atoms with E-state index in [1.165, 1.54) is 12.1 Å². The number of hydrogen-bond donors (Lipinski definition) is 0. The summed E-state index contributed by atoms with van der Waals surface area (Å²) in [5.74, 6) is -0.157. The molecule has 0 saturated carbocycles. The molecule has 0 spiro atoms. The summed E-state index contributed by atoms with van der Waals surface area (Å²) in [6.07, 6.45) is 1.36. The molecule has 0 aromatic heterocycles. The van der Waals surface area contributed by atoms with E-state index >= 15 is 0 Å². The summed E-state index contributed by atoms with van der Waals surface area (Å²) in [7, 11) is 0. The van der Waals surface area contributed by atoms with Gasteiger partial charge < -0.3 is 0 Å². The first kappa shape index (κ1) is 10.9. The van der Waals surface area contributed by atoms with Crippen LogP contribution >= 0.6 is 0 Å². The summed E-state index contributed by atoms with van der Waals surface area (Å²) >= 11 is 0. The zero-order valence-corrected chi connectivity index (χ0v) is 8.86. The first-order valence-corrected chi connectivity index (χ1v) is 4.86. The number of halogens is 1. The van der Waals surface area contributed by atoms with Gasteiger partial charge in [0.15, 0.2) is 5.78 Å². The van der Waals surface area contributed by atoms with Crippen molar-refractivity contribution in [1.29, 1.82) is 0 Å². The number of carbonyl (C=O) groups excluding carboxylic acids is 1. The molecule has 2 heteroatoms. The quantitative estimate of drug-likeness (QED) is 0.674. The zero-order chi connectivity index (χ0) is 10.7. The van der Waals surface area contributed by atoms with Crippen LogP contribution in [0.3, 0.4) is 0 Å². The van der Waals surface area contributed by atoms with Crippen LogP contribution in [0.4, 0.5) is 4.39 Å². The molecule has 1 aromatic rings. The van der Waals surface area contributed by atoms with Gasteiger partial charge in [-0.3, -0.25) is 4.79 Å². The van der Waals surface area contributed by atoms with Gasteiger partial charge in [0.05, 0.1) is 0 Å². The molecule has 0 bridgehead atoms. The van der Waals surface area contributed by atoms with E-state index in [1.807, 2.05) is 6.92 Å². The Morgan fingerprint density at radius 1 is 1.29 bits per heavy atom. The highest BCUT2D eigenvalue weighted by Gasteiger charge is 2.12. The lowest BCUT2D eigenvalue weighted by molar-refractivity contribution is 0.0980. The van der Waals surface area contributed by atoms with Crippen molar-refractivity contribution in [1.82, 2.24) is 0 Å². The number of hydrogen-bond acceptors (Lipinski definition) is 1. The van der Waals surface area contributed by atoms with Crippen molar-refractivity contribution in [2.75, 3.05) is 0 Å². The van der Waals surface area contributed by atoms with Gasteiger partial charge in [-0.25, -0.2) is 4.39 Å². The van der Waals surface area contributed by atoms with E-state index in [2.05, 4.69) is 0 Å². The molecule has 0 aliphatic heterocycles. The second-order valence-corrected chi connectivity index (χ2v) is 3.59. The standard InChI is InChI=1S/C12H15FO/c1-4-5-11(14)12-8(2)6-10(13)7-9(12)3/h6-7H,4-5H2,1-3H3. The minimum Gasteiger partial charge on any atom is -0.294 e. The topological polar surface area (TPSA) is 17.1 Å². The molecule has 76 valence electrons. The molecule has 14 heavy (non-hydrogen) atoms. The molecule has 0 N–H and O–H groups in total. The Labute approximate surface area is 83.9 Å². The largest absolute Gasteiger partial charge is 0.294 e. The van der Waals surface area contributed by atoms with Crippen molar-refractivity contribution in [2.24, 2.45) is 0 Å². The van der Waals surface area contributed by atoms with Gasteiger partial charge in [-0.05, 0) is 43.5 Å². The minimum absolute atomic E-state index is 0.113. The van der Waals surface area contributed by atoms with Crippen LogP contribution in [0.15, 0.2) is 12.1 Å². The van der Waals surface area contributed by atoms with Crippen LogP contribution in [0.1, 0.15) is 41.3 Å². The lowest BCUT2D eigenvalue weighted by atomic mass is 9.97. The van der Waals surface area contributed by atoms with Crippen molar-refractivity contribution >= 4 is 5.78 Å². The van der Waals surface area contributed by atoms with Crippen molar-refractivity contribution in [3.8, 4) is 0 Å². The molecule has 1 rings (SSSR count). The summed E-state index contributed by atoms with van der Waals surface area (Å²) in [6, 6.07) is 2.83. The fraction of sp³-hybridized carbons (Fsp3) is 0.417. The Bertz CT molecular complexity index is 332. The molecule has 0 heterocycles. The average molecular weight is 194 g/mol. The molecule has 0 unspecified atom stereocenters. The highest BCUT2D eigenvalue weighted by atomic mass is 19.1. The van der Waals surface area contributed by atoms with Gasteiger partial charge >= 0.3 is 0 Å². The summed E-state index contributed by atoms with van der Waals surface area (Å²) in [5, 5.41) is 0. The van der Waals surface area contributed by atoms with Crippen molar-refractivity contribution in [3.05, 3.63) is 34.6 Å². The molecule has 0 saturated heterocycles. The predicted molar refractivity (Wildman–Crippen MR) is 55.1 cm³/mol. The number of carbonyl (C=O) groups is 1. The molecule has 0 atom stereocenters. The highest BCUT2D eigenvalue weighted by Crippen LogP contribution is 2.18. The van der Waals surface area contributed by atoms with Crippen molar-refractivity contribution in [2.45, 2.75) is 33.6 Å². The SMILES string of the molecule is CCCC(=O)c1c(C)cc(F)cc1C. The molecule has 0 amide bonds. The summed E-state index contributed by atoms with van der Waals surface area (Å²) in [4.78, 5) is 11.7. The zero-order valence-electron chi connectivity index (χ0n) is 8.86. The maximum atomic E-state index is 12.9. The second kappa shape index (κ2) is 4.36. The fourth-order valence-corrected chi connectivity index (χ4v) is 1.70. The Morgan fingerprint density at radius 3 is 2.21 bits per heavy atom. The van der Waals surface area contributed by atoms with Crippen LogP contribution < -0.4 is 0 Å². The Hall–Kier alpha value is -1.18. The van der Waals surface area contributed by atoms with E-state index < -0.39 is 0 Å². The van der Waals surface area contributed by atoms with Gasteiger partial charge in [-0.1, -0.05) is 6.92 Å². The van der Waals surface area contributed by atoms with E-state index in [9.17, 15) is 9.18 Å². The number of aryl methyl sites for hydroxylation is 2. The van der Waals surface area contributed by atoms with Crippen LogP contribution in [-0.2, 0) is 0 Å². The third-order valence-corrected chi connectivity index (χ3v) is 2.25. The van der Waals surface area contributed by atoms with E-state index in [0.717, 1.165) is 17.5 Å². The Kier molecular flexibility index (Phi) is 3.39. The van der Waals surface area contributed by atoms with Crippen molar-refractivity contribution in [3.63, 3.8) is 0 Å². The van der Waals surface area contributed by atoms with E-state index in [-0.39, 0.29) is 11.6 Å². The normalized spacial score (nSPS) is 10.3. The maximum Gasteiger partial charge on any atom is 0.163 e. The Morgan fingerprint density at radius 2 is 1.79 bits per heavy atom. The van der Waals surface area contributed by atoms with Crippen molar-refractivity contribution < 1.29 is 9.18 Å². The molecule has 0 fully saturated rings. The van der Waals surface area contributed by atoms with Crippen LogP contribution in [0.25, 0.3) is 0 Å². The van der Waals surface area contributed by atoms with Gasteiger partial charge in [-0.15, -0.1) is 0 Å². The third-order valence-electron chi connectivity index (χ3n) is 2.25. The van der Waals surface area contributed by atoms with Gasteiger partial charge in [0.25, 0.3) is 0 Å². The molecule has 1 nitrogen and oxygen atoms in total. The van der Waals surface area contributed by atoms with Crippen LogP contribution in [-0.4, -0.2) is 5.78 Å². The average Bonchev–Trinajstić information content (AvgIpc) is 2.01. The van der Waals surface area contributed by atoms with Crippen LogP contribution in [0.2, 0.25) is 0 Å². The first-order valence-electron chi connectivity index (χ1n) is 4.86. The Balaban J connectivity index is 3.14. The summed E-state index contributed by atoms with van der Waals surface area (Å²) < 4.78 is 12.9. The fourth-order valence-electron chi connectivity index (χ4n) is 1.70. The van der Waals surface area contributed by atoms with Gasteiger partial charge in [-0.2, -0.15) is 0 Å². The van der Waals surface area contributed by atoms with Gasteiger partial charge in [0.1, 0.15) is 5.82 Å². The number of rotatable bonds is 3. The monoisotopic (exact) mass is 194 g/mol. The van der Waals surface area contributed by atoms with Crippen LogP contribution in [0, 0.1) is 19.7 Å². The third kappa shape index (κ3) is 2.19. The predicted octanol–water partition coefficient (Wildman–Crippen LogP) is 3.43. The molecule has 0 aliphatic carbocycles. The van der Waals surface area contributed by atoms with Gasteiger partial charge in [0, 0.05) is 12.0 Å². The number of ketones is 1. The molecule has 0 radical (unpaired) electrons. The smallest absolute Gasteiger partial charge is 0.163 e. The summed E-state index contributed by atoms with van der Waals surface area (Å²) in [6.45, 7) is 5.52. The first-order chi connectivity index (χ1) is 6.56. The highest BCUT2D eigenvalue weighted by molar-refractivity contribution is 5.98. The van der Waals surface area contributed by atoms with E-state index in [0.29, 0.717) is 12.0 Å². The number of Topliss-reactive ketones (excluding diaryl/α,β-unsaturated/α-hetero) is 1. The lowest BCUT2D eigenvalue weighted by Gasteiger charge is -2.08. The molecular formula is C12H15FO. The molecule has 1 aromatic carbocycles. The minimum atomic E-state index is -0.270. The lowest BCUT2D eigenvalue weighted by Crippen LogP contribution is -2.04. The summed E-state index contributed by atoms with van der Waals surface area (Å²) in [5.41, 5.74) is 2.16. The number of benzene rings is 1. The van der Waals surface area contributed by atoms with E-state index in [1.54, 1.807) is 13.8 Å². The molecule has 0 aliphatic rings. The van der Waals surface area contributed by atoms with Crippen LogP contribution in [0.5, 0.6) is 0 Å². The second-order valence-electron chi connectivity index (χ2n) is 3.59. The van der Waals surface area contributed by atoms with Gasteiger partial charge in [0.2, 0.25) is 0 Å².